The van der Waals surface area contributed by atoms with E-state index in [4.69, 9.17) is 10.2 Å². The standard InChI is InChI=1S/C22H22F2N6O3/c1-29-9-11-30(12-10-29)22(32)27-14-7-5-13(6-8-14)26-21-18(19(25)31)28-20(33-21)17-15(23)3-2-4-16(17)24/h2-8,26H,9-12H2,1H3,(H2,25,31)(H,27,32). The number of urea groups is 1. The molecule has 2 aromatic carbocycles. The Morgan fingerprint density at radius 1 is 1.00 bits per heavy atom. The highest BCUT2D eigenvalue weighted by atomic mass is 19.1. The molecule has 0 aliphatic carbocycles. The summed E-state index contributed by atoms with van der Waals surface area (Å²) in [5.74, 6) is -3.29. The van der Waals surface area contributed by atoms with Gasteiger partial charge in [-0.05, 0) is 43.4 Å². The lowest BCUT2D eigenvalue weighted by Gasteiger charge is -2.32. The normalized spacial score (nSPS) is 14.2. The molecule has 11 heteroatoms. The van der Waals surface area contributed by atoms with Gasteiger partial charge in [-0.2, -0.15) is 0 Å². The molecule has 0 unspecified atom stereocenters. The maximum Gasteiger partial charge on any atom is 0.321 e. The Morgan fingerprint density at radius 2 is 1.61 bits per heavy atom. The highest BCUT2D eigenvalue weighted by Crippen LogP contribution is 2.31. The van der Waals surface area contributed by atoms with Crippen molar-refractivity contribution in [2.45, 2.75) is 0 Å². The van der Waals surface area contributed by atoms with Crippen LogP contribution in [0.3, 0.4) is 0 Å². The van der Waals surface area contributed by atoms with Gasteiger partial charge in [0.25, 0.3) is 5.91 Å². The van der Waals surface area contributed by atoms with Gasteiger partial charge in [-0.1, -0.05) is 6.07 Å². The number of hydrogen-bond donors (Lipinski definition) is 3. The van der Waals surface area contributed by atoms with E-state index in [0.29, 0.717) is 24.5 Å². The van der Waals surface area contributed by atoms with Gasteiger partial charge in [0.15, 0.2) is 5.69 Å². The SMILES string of the molecule is CN1CCN(C(=O)Nc2ccc(Nc3oc(-c4c(F)cccc4F)nc3C(N)=O)cc2)CC1. The molecule has 4 N–H and O–H groups in total. The second-order valence-electron chi connectivity index (χ2n) is 7.58. The Hall–Kier alpha value is -3.99. The summed E-state index contributed by atoms with van der Waals surface area (Å²) in [6.45, 7) is 2.92. The maximum absolute atomic E-state index is 14.1. The molecule has 1 saturated heterocycles. The van der Waals surface area contributed by atoms with Gasteiger partial charge < -0.3 is 30.6 Å². The van der Waals surface area contributed by atoms with Gasteiger partial charge >= 0.3 is 6.03 Å². The van der Waals surface area contributed by atoms with Crippen LogP contribution in [0, 0.1) is 11.6 Å². The Kier molecular flexibility index (Phi) is 6.22. The second kappa shape index (κ2) is 9.25. The van der Waals surface area contributed by atoms with Crippen molar-refractivity contribution in [2.24, 2.45) is 5.73 Å². The lowest BCUT2D eigenvalue weighted by atomic mass is 10.2. The molecule has 0 bridgehead atoms. The number of hydrogen-bond acceptors (Lipinski definition) is 6. The van der Waals surface area contributed by atoms with E-state index < -0.39 is 29.0 Å². The summed E-state index contributed by atoms with van der Waals surface area (Å²) in [7, 11) is 2.01. The average molecular weight is 456 g/mol. The number of amides is 3. The first-order valence-electron chi connectivity index (χ1n) is 10.2. The summed E-state index contributed by atoms with van der Waals surface area (Å²) < 4.78 is 33.6. The number of carbonyl (C=O) groups excluding carboxylic acids is 2. The van der Waals surface area contributed by atoms with Crippen molar-refractivity contribution in [3.8, 4) is 11.5 Å². The molecule has 9 nitrogen and oxygen atoms in total. The molecule has 0 saturated carbocycles. The molecule has 0 radical (unpaired) electrons. The Morgan fingerprint density at radius 3 is 2.21 bits per heavy atom. The van der Waals surface area contributed by atoms with Crippen LogP contribution >= 0.6 is 0 Å². The fourth-order valence-electron chi connectivity index (χ4n) is 3.36. The van der Waals surface area contributed by atoms with E-state index in [-0.39, 0.29) is 17.6 Å². The number of aromatic nitrogens is 1. The monoisotopic (exact) mass is 456 g/mol. The molecule has 0 atom stereocenters. The largest absolute Gasteiger partial charge is 0.419 e. The molecule has 3 amide bonds. The number of anilines is 3. The molecular formula is C22H22F2N6O3. The predicted octanol–water partition coefficient (Wildman–Crippen LogP) is 3.24. The second-order valence-corrected chi connectivity index (χ2v) is 7.58. The summed E-state index contributed by atoms with van der Waals surface area (Å²) in [5, 5.41) is 5.66. The van der Waals surface area contributed by atoms with E-state index >= 15 is 0 Å². The molecule has 1 aliphatic heterocycles. The van der Waals surface area contributed by atoms with E-state index in [1.807, 2.05) is 7.05 Å². The van der Waals surface area contributed by atoms with Crippen LogP contribution < -0.4 is 16.4 Å². The van der Waals surface area contributed by atoms with Crippen LogP contribution in [0.4, 0.5) is 30.8 Å². The van der Waals surface area contributed by atoms with Crippen molar-refractivity contribution < 1.29 is 22.8 Å². The number of nitrogens with zero attached hydrogens (tertiary/aromatic N) is 3. The van der Waals surface area contributed by atoms with E-state index in [1.165, 1.54) is 6.07 Å². The average Bonchev–Trinajstić information content (AvgIpc) is 3.19. The first-order valence-corrected chi connectivity index (χ1v) is 10.2. The predicted molar refractivity (Wildman–Crippen MR) is 118 cm³/mol. The number of oxazole rings is 1. The van der Waals surface area contributed by atoms with Crippen molar-refractivity contribution >= 4 is 29.2 Å². The number of primary amides is 1. The number of nitrogens with one attached hydrogen (secondary N) is 2. The quantitative estimate of drug-likeness (QED) is 0.543. The summed E-state index contributed by atoms with van der Waals surface area (Å²) in [5.41, 5.74) is 5.59. The third-order valence-electron chi connectivity index (χ3n) is 5.22. The van der Waals surface area contributed by atoms with Crippen molar-refractivity contribution in [2.75, 3.05) is 43.9 Å². The van der Waals surface area contributed by atoms with Crippen molar-refractivity contribution in [1.29, 1.82) is 0 Å². The molecule has 1 fully saturated rings. The third kappa shape index (κ3) is 4.93. The minimum atomic E-state index is -0.930. The number of rotatable bonds is 5. The molecule has 1 aliphatic rings. The number of carbonyl (C=O) groups is 2. The molecule has 2 heterocycles. The summed E-state index contributed by atoms with van der Waals surface area (Å²) in [6, 6.07) is 9.71. The molecule has 1 aromatic heterocycles. The van der Waals surface area contributed by atoms with Gasteiger partial charge in [0.05, 0.1) is 0 Å². The Balaban J connectivity index is 1.49. The highest BCUT2D eigenvalue weighted by molar-refractivity contribution is 5.96. The van der Waals surface area contributed by atoms with Crippen LogP contribution in [-0.4, -0.2) is 59.9 Å². The van der Waals surface area contributed by atoms with Gasteiger partial charge in [-0.15, -0.1) is 0 Å². The first kappa shape index (κ1) is 22.2. The molecule has 4 rings (SSSR count). The zero-order valence-electron chi connectivity index (χ0n) is 17.8. The number of halogens is 2. The van der Waals surface area contributed by atoms with E-state index in [1.54, 1.807) is 29.2 Å². The van der Waals surface area contributed by atoms with E-state index in [2.05, 4.69) is 20.5 Å². The summed E-state index contributed by atoms with van der Waals surface area (Å²) in [6.07, 6.45) is 0. The van der Waals surface area contributed by atoms with E-state index in [0.717, 1.165) is 25.2 Å². The lowest BCUT2D eigenvalue weighted by molar-refractivity contribution is 0.0996. The number of benzene rings is 2. The van der Waals surface area contributed by atoms with Crippen LogP contribution in [0.15, 0.2) is 46.9 Å². The first-order chi connectivity index (χ1) is 15.8. The van der Waals surface area contributed by atoms with Crippen LogP contribution in [0.1, 0.15) is 10.5 Å². The van der Waals surface area contributed by atoms with E-state index in [9.17, 15) is 18.4 Å². The van der Waals surface area contributed by atoms with Gasteiger partial charge in [0, 0.05) is 37.6 Å². The Labute approximate surface area is 188 Å². The zero-order valence-corrected chi connectivity index (χ0v) is 17.8. The van der Waals surface area contributed by atoms with Crippen LogP contribution in [0.25, 0.3) is 11.5 Å². The van der Waals surface area contributed by atoms with Crippen molar-refractivity contribution in [3.05, 3.63) is 59.8 Å². The zero-order chi connectivity index (χ0) is 23.5. The smallest absolute Gasteiger partial charge is 0.321 e. The van der Waals surface area contributed by atoms with Crippen molar-refractivity contribution in [1.82, 2.24) is 14.8 Å². The number of piperazine rings is 1. The number of nitrogens with two attached hydrogens (primary N) is 1. The summed E-state index contributed by atoms with van der Waals surface area (Å²) in [4.78, 5) is 32.0. The van der Waals surface area contributed by atoms with Crippen LogP contribution in [-0.2, 0) is 0 Å². The Bertz CT molecular complexity index is 1150. The highest BCUT2D eigenvalue weighted by Gasteiger charge is 2.23. The minimum absolute atomic E-state index is 0.158. The third-order valence-corrected chi connectivity index (χ3v) is 5.22. The summed E-state index contributed by atoms with van der Waals surface area (Å²) >= 11 is 0. The fourth-order valence-corrected chi connectivity index (χ4v) is 3.36. The number of likely N-dealkylation sites (N-methyl/N-ethyl adjacent to an activating group) is 1. The van der Waals surface area contributed by atoms with Gasteiger partial charge in [0.1, 0.15) is 17.2 Å². The molecule has 0 spiro atoms. The lowest BCUT2D eigenvalue weighted by Crippen LogP contribution is -2.48. The molecule has 172 valence electrons. The van der Waals surface area contributed by atoms with Gasteiger partial charge in [-0.3, -0.25) is 4.79 Å². The maximum atomic E-state index is 14.1. The van der Waals surface area contributed by atoms with Gasteiger partial charge in [0.2, 0.25) is 11.8 Å². The van der Waals surface area contributed by atoms with Gasteiger partial charge in [-0.25, -0.2) is 18.6 Å². The van der Waals surface area contributed by atoms with Crippen LogP contribution in [0.2, 0.25) is 0 Å². The molecular weight excluding hydrogens is 434 g/mol. The fraction of sp³-hybridized carbons (Fsp3) is 0.227. The molecule has 33 heavy (non-hydrogen) atoms. The van der Waals surface area contributed by atoms with Crippen LogP contribution in [0.5, 0.6) is 0 Å². The molecule has 3 aromatic rings. The topological polar surface area (TPSA) is 117 Å². The van der Waals surface area contributed by atoms with Crippen molar-refractivity contribution in [3.63, 3.8) is 0 Å². The minimum Gasteiger partial charge on any atom is -0.419 e.